The lowest BCUT2D eigenvalue weighted by molar-refractivity contribution is -0.129. The van der Waals surface area contributed by atoms with Crippen molar-refractivity contribution in [2.24, 2.45) is 4.99 Å². The first-order chi connectivity index (χ1) is 14.1. The SMILES string of the molecule is CCNC(=NCC1(c2cccc(Cl)c2)CCOCC1)NC1CCN(C(=O)CC)C1.I. The third-order valence-electron chi connectivity index (χ3n) is 5.96. The fourth-order valence-electron chi connectivity index (χ4n) is 4.19. The first-order valence-electron chi connectivity index (χ1n) is 10.7. The largest absolute Gasteiger partial charge is 0.381 e. The maximum absolute atomic E-state index is 12.0. The van der Waals surface area contributed by atoms with E-state index in [1.807, 2.05) is 24.0 Å². The molecule has 2 aliphatic heterocycles. The van der Waals surface area contributed by atoms with E-state index in [4.69, 9.17) is 21.3 Å². The lowest BCUT2D eigenvalue weighted by Crippen LogP contribution is -2.46. The van der Waals surface area contributed by atoms with Crippen molar-refractivity contribution in [2.45, 2.75) is 51.0 Å². The second-order valence-corrected chi connectivity index (χ2v) is 8.36. The summed E-state index contributed by atoms with van der Waals surface area (Å²) >= 11 is 6.28. The Morgan fingerprint density at radius 2 is 2.10 bits per heavy atom. The van der Waals surface area contributed by atoms with Crippen LogP contribution < -0.4 is 10.6 Å². The van der Waals surface area contributed by atoms with E-state index < -0.39 is 0 Å². The number of ether oxygens (including phenoxy) is 1. The lowest BCUT2D eigenvalue weighted by Gasteiger charge is -2.37. The molecule has 2 heterocycles. The highest BCUT2D eigenvalue weighted by Gasteiger charge is 2.35. The van der Waals surface area contributed by atoms with Crippen molar-refractivity contribution in [2.75, 3.05) is 39.4 Å². The predicted octanol–water partition coefficient (Wildman–Crippen LogP) is 3.57. The number of benzene rings is 1. The van der Waals surface area contributed by atoms with Gasteiger partial charge in [-0.3, -0.25) is 9.79 Å². The fraction of sp³-hybridized carbons (Fsp3) is 0.636. The zero-order valence-corrected chi connectivity index (χ0v) is 21.0. The van der Waals surface area contributed by atoms with Gasteiger partial charge in [0.2, 0.25) is 5.91 Å². The number of likely N-dealkylation sites (tertiary alicyclic amines) is 1. The zero-order valence-electron chi connectivity index (χ0n) is 18.0. The van der Waals surface area contributed by atoms with Crippen LogP contribution in [0.15, 0.2) is 29.3 Å². The molecule has 2 fully saturated rings. The van der Waals surface area contributed by atoms with Crippen LogP contribution in [0.5, 0.6) is 0 Å². The number of guanidine groups is 1. The highest BCUT2D eigenvalue weighted by molar-refractivity contribution is 14.0. The molecular formula is C22H34ClIN4O2. The van der Waals surface area contributed by atoms with Gasteiger partial charge in [0.25, 0.3) is 0 Å². The summed E-state index contributed by atoms with van der Waals surface area (Å²) in [7, 11) is 0. The van der Waals surface area contributed by atoms with Gasteiger partial charge in [0, 0.05) is 55.7 Å². The Hall–Kier alpha value is -1.06. The quantitative estimate of drug-likeness (QED) is 0.324. The Kier molecular flexibility index (Phi) is 10.2. The van der Waals surface area contributed by atoms with E-state index in [1.54, 1.807) is 0 Å². The van der Waals surface area contributed by atoms with Crippen LogP contribution >= 0.6 is 35.6 Å². The van der Waals surface area contributed by atoms with Crippen molar-refractivity contribution in [3.05, 3.63) is 34.9 Å². The molecule has 0 bridgehead atoms. The number of hydrogen-bond donors (Lipinski definition) is 2. The highest BCUT2D eigenvalue weighted by atomic mass is 127. The molecule has 30 heavy (non-hydrogen) atoms. The first-order valence-corrected chi connectivity index (χ1v) is 11.1. The molecule has 2 aliphatic rings. The fourth-order valence-corrected chi connectivity index (χ4v) is 4.38. The van der Waals surface area contributed by atoms with Gasteiger partial charge < -0.3 is 20.3 Å². The van der Waals surface area contributed by atoms with Crippen LogP contribution in [-0.2, 0) is 14.9 Å². The van der Waals surface area contributed by atoms with Crippen molar-refractivity contribution in [3.63, 3.8) is 0 Å². The molecule has 1 aromatic rings. The van der Waals surface area contributed by atoms with Crippen molar-refractivity contribution in [1.82, 2.24) is 15.5 Å². The summed E-state index contributed by atoms with van der Waals surface area (Å²) in [5, 5.41) is 7.66. The van der Waals surface area contributed by atoms with Crippen molar-refractivity contribution >= 4 is 47.4 Å². The summed E-state index contributed by atoms with van der Waals surface area (Å²) in [6, 6.07) is 8.38. The van der Waals surface area contributed by atoms with Crippen LogP contribution in [0, 0.1) is 0 Å². The number of amides is 1. The number of nitrogens with one attached hydrogen (secondary N) is 2. The summed E-state index contributed by atoms with van der Waals surface area (Å²) in [6.07, 6.45) is 3.37. The van der Waals surface area contributed by atoms with Gasteiger partial charge in [0.05, 0.1) is 6.54 Å². The average molecular weight is 549 g/mol. The Morgan fingerprint density at radius 3 is 2.77 bits per heavy atom. The zero-order chi connectivity index (χ0) is 20.7. The number of carbonyl (C=O) groups is 1. The van der Waals surface area contributed by atoms with E-state index in [0.717, 1.165) is 63.1 Å². The average Bonchev–Trinajstić information content (AvgIpc) is 3.21. The summed E-state index contributed by atoms with van der Waals surface area (Å²) < 4.78 is 5.63. The summed E-state index contributed by atoms with van der Waals surface area (Å²) in [5.41, 5.74) is 1.17. The summed E-state index contributed by atoms with van der Waals surface area (Å²) in [5.74, 6) is 1.04. The minimum absolute atomic E-state index is 0. The van der Waals surface area contributed by atoms with Gasteiger partial charge in [-0.25, -0.2) is 0 Å². The smallest absolute Gasteiger partial charge is 0.222 e. The third-order valence-corrected chi connectivity index (χ3v) is 6.19. The normalized spacial score (nSPS) is 21.1. The molecule has 0 aromatic heterocycles. The monoisotopic (exact) mass is 548 g/mol. The van der Waals surface area contributed by atoms with E-state index in [9.17, 15) is 4.79 Å². The number of carbonyl (C=O) groups excluding carboxylic acids is 1. The number of aliphatic imine (C=N–C) groups is 1. The van der Waals surface area contributed by atoms with Crippen LogP contribution in [0.1, 0.15) is 45.1 Å². The molecular weight excluding hydrogens is 515 g/mol. The molecule has 0 saturated carbocycles. The number of rotatable bonds is 6. The molecule has 6 nitrogen and oxygen atoms in total. The molecule has 1 aromatic carbocycles. The molecule has 1 atom stereocenters. The van der Waals surface area contributed by atoms with E-state index in [2.05, 4.69) is 29.7 Å². The van der Waals surface area contributed by atoms with Crippen LogP contribution in [-0.4, -0.2) is 62.2 Å². The Labute approximate surface area is 202 Å². The molecule has 3 rings (SSSR count). The van der Waals surface area contributed by atoms with Gasteiger partial charge in [-0.1, -0.05) is 30.7 Å². The number of nitrogens with zero attached hydrogens (tertiary/aromatic N) is 2. The minimum atomic E-state index is -0.0641. The van der Waals surface area contributed by atoms with Gasteiger partial charge >= 0.3 is 0 Å². The molecule has 168 valence electrons. The molecule has 1 unspecified atom stereocenters. The van der Waals surface area contributed by atoms with Gasteiger partial charge in [-0.15, -0.1) is 24.0 Å². The van der Waals surface area contributed by atoms with E-state index in [0.29, 0.717) is 13.0 Å². The highest BCUT2D eigenvalue weighted by Crippen LogP contribution is 2.36. The maximum atomic E-state index is 12.0. The molecule has 0 aliphatic carbocycles. The van der Waals surface area contributed by atoms with Gasteiger partial charge in [0.1, 0.15) is 0 Å². The van der Waals surface area contributed by atoms with E-state index >= 15 is 0 Å². The standard InChI is InChI=1S/C22H33ClN4O2.HI/c1-3-20(28)27-11-8-19(15-27)26-21(24-4-2)25-16-22(9-12-29-13-10-22)17-6-5-7-18(23)14-17;/h5-7,14,19H,3-4,8-13,15-16H2,1-2H3,(H2,24,25,26);1H. The number of hydrogen-bond acceptors (Lipinski definition) is 3. The van der Waals surface area contributed by atoms with Crippen LogP contribution in [0.4, 0.5) is 0 Å². The lowest BCUT2D eigenvalue weighted by atomic mass is 9.74. The van der Waals surface area contributed by atoms with Gasteiger partial charge in [-0.2, -0.15) is 0 Å². The minimum Gasteiger partial charge on any atom is -0.381 e. The molecule has 0 radical (unpaired) electrons. The second kappa shape index (κ2) is 12.1. The second-order valence-electron chi connectivity index (χ2n) is 7.92. The Bertz CT molecular complexity index is 725. The van der Waals surface area contributed by atoms with Crippen LogP contribution in [0.25, 0.3) is 0 Å². The van der Waals surface area contributed by atoms with Gasteiger partial charge in [0.15, 0.2) is 5.96 Å². The van der Waals surface area contributed by atoms with Crippen molar-refractivity contribution in [1.29, 1.82) is 0 Å². The Morgan fingerprint density at radius 1 is 1.33 bits per heavy atom. The van der Waals surface area contributed by atoms with E-state index in [1.165, 1.54) is 5.56 Å². The van der Waals surface area contributed by atoms with E-state index in [-0.39, 0.29) is 41.3 Å². The van der Waals surface area contributed by atoms with Crippen molar-refractivity contribution < 1.29 is 9.53 Å². The van der Waals surface area contributed by atoms with Crippen LogP contribution in [0.2, 0.25) is 5.02 Å². The van der Waals surface area contributed by atoms with Crippen molar-refractivity contribution in [3.8, 4) is 0 Å². The van der Waals surface area contributed by atoms with Gasteiger partial charge in [-0.05, 0) is 43.9 Å². The maximum Gasteiger partial charge on any atom is 0.222 e. The third kappa shape index (κ3) is 6.47. The van der Waals surface area contributed by atoms with Crippen LogP contribution in [0.3, 0.4) is 0 Å². The Balaban J connectivity index is 0.00000320. The summed E-state index contributed by atoms with van der Waals surface area (Å²) in [6.45, 7) is 8.49. The molecule has 2 N–H and O–H groups in total. The molecule has 8 heteroatoms. The first kappa shape index (κ1) is 25.2. The molecule has 1 amide bonds. The molecule has 0 spiro atoms. The number of halogens is 2. The predicted molar refractivity (Wildman–Crippen MR) is 133 cm³/mol. The summed E-state index contributed by atoms with van der Waals surface area (Å²) in [4.78, 5) is 18.9. The molecule has 2 saturated heterocycles. The topological polar surface area (TPSA) is 66.0 Å².